The quantitative estimate of drug-likeness (QED) is 0.722. The molecule has 94 valence electrons. The van der Waals surface area contributed by atoms with Crippen LogP contribution < -0.4 is 5.32 Å². The van der Waals surface area contributed by atoms with Gasteiger partial charge in [-0.1, -0.05) is 18.2 Å². The van der Waals surface area contributed by atoms with Crippen molar-refractivity contribution in [3.05, 3.63) is 35.6 Å². The largest absolute Gasteiger partial charge is 0.480 e. The Hall–Kier alpha value is -1.46. The van der Waals surface area contributed by atoms with E-state index in [1.165, 1.54) is 25.1 Å². The summed E-state index contributed by atoms with van der Waals surface area (Å²) in [5.74, 6) is -1.78. The van der Waals surface area contributed by atoms with Gasteiger partial charge < -0.3 is 10.2 Å². The number of carbonyl (C=O) groups is 1. The van der Waals surface area contributed by atoms with Gasteiger partial charge in [-0.15, -0.1) is 0 Å². The first kappa shape index (κ1) is 13.6. The number of nitrogens with one attached hydrogen (secondary N) is 1. The molecule has 0 aromatic heterocycles. The molecule has 0 aliphatic heterocycles. The Bertz CT molecular complexity index is 410. The number of carboxylic acid groups (broad SMARTS) is 1. The van der Waals surface area contributed by atoms with Gasteiger partial charge in [-0.25, -0.2) is 9.18 Å². The smallest absolute Gasteiger partial charge is 0.328 e. The number of aliphatic hydroxyl groups is 1. The maximum absolute atomic E-state index is 13.6. The Kier molecular flexibility index (Phi) is 4.20. The second-order valence-corrected chi connectivity index (χ2v) is 4.14. The number of hydrogen-bond donors (Lipinski definition) is 3. The van der Waals surface area contributed by atoms with Gasteiger partial charge in [0.05, 0.1) is 6.61 Å². The molecule has 0 heterocycles. The van der Waals surface area contributed by atoms with E-state index in [2.05, 4.69) is 5.32 Å². The molecule has 0 aliphatic carbocycles. The van der Waals surface area contributed by atoms with E-state index in [1.807, 2.05) is 0 Å². The molecule has 2 atom stereocenters. The lowest BCUT2D eigenvalue weighted by Crippen LogP contribution is -2.52. The fourth-order valence-corrected chi connectivity index (χ4v) is 1.66. The number of aliphatic carboxylic acids is 1. The van der Waals surface area contributed by atoms with E-state index in [4.69, 9.17) is 5.11 Å². The van der Waals surface area contributed by atoms with Crippen molar-refractivity contribution in [3.63, 3.8) is 0 Å². The van der Waals surface area contributed by atoms with Crippen LogP contribution in [0.5, 0.6) is 0 Å². The summed E-state index contributed by atoms with van der Waals surface area (Å²) >= 11 is 0. The van der Waals surface area contributed by atoms with Crippen molar-refractivity contribution in [2.24, 2.45) is 0 Å². The Balaban J connectivity index is 3.17. The molecule has 0 saturated heterocycles. The average molecular weight is 241 g/mol. The highest BCUT2D eigenvalue weighted by atomic mass is 19.1. The minimum Gasteiger partial charge on any atom is -0.480 e. The molecule has 3 N–H and O–H groups in total. The average Bonchev–Trinajstić information content (AvgIpc) is 2.28. The van der Waals surface area contributed by atoms with Crippen molar-refractivity contribution in [2.45, 2.75) is 25.4 Å². The summed E-state index contributed by atoms with van der Waals surface area (Å²) in [7, 11) is 0. The summed E-state index contributed by atoms with van der Waals surface area (Å²) in [4.78, 5) is 11.3. The van der Waals surface area contributed by atoms with Crippen LogP contribution in [0, 0.1) is 5.82 Å². The van der Waals surface area contributed by atoms with Gasteiger partial charge in [-0.2, -0.15) is 0 Å². The number of aliphatic hydroxyl groups excluding tert-OH is 1. The van der Waals surface area contributed by atoms with Crippen LogP contribution >= 0.6 is 0 Å². The third kappa shape index (κ3) is 2.81. The molecule has 0 radical (unpaired) electrons. The molecule has 1 aromatic carbocycles. The third-order valence-electron chi connectivity index (χ3n) is 2.65. The fourth-order valence-electron chi connectivity index (χ4n) is 1.66. The van der Waals surface area contributed by atoms with Crippen LogP contribution in [0.2, 0.25) is 0 Å². The van der Waals surface area contributed by atoms with Crippen molar-refractivity contribution in [3.8, 4) is 0 Å². The number of benzene rings is 1. The van der Waals surface area contributed by atoms with Gasteiger partial charge in [-0.05, 0) is 19.9 Å². The summed E-state index contributed by atoms with van der Waals surface area (Å²) in [6, 6.07) is 5.25. The molecule has 0 aliphatic rings. The molecule has 1 rings (SSSR count). The molecule has 0 bridgehead atoms. The summed E-state index contributed by atoms with van der Waals surface area (Å²) in [6.45, 7) is 2.78. The molecule has 0 fully saturated rings. The molecule has 0 saturated carbocycles. The minimum absolute atomic E-state index is 0.0489. The lowest BCUT2D eigenvalue weighted by Gasteiger charge is -2.30. The predicted octanol–water partition coefficient (Wildman–Crippen LogP) is 1.10. The maximum atomic E-state index is 13.6. The van der Waals surface area contributed by atoms with Gasteiger partial charge >= 0.3 is 5.97 Å². The van der Waals surface area contributed by atoms with E-state index >= 15 is 0 Å². The Morgan fingerprint density at radius 2 is 2.12 bits per heavy atom. The lowest BCUT2D eigenvalue weighted by atomic mass is 9.90. The molecule has 0 spiro atoms. The second-order valence-electron chi connectivity index (χ2n) is 4.14. The molecule has 2 unspecified atom stereocenters. The van der Waals surface area contributed by atoms with E-state index < -0.39 is 23.4 Å². The SMILES string of the molecule is CC(CO)NC(C)(C(=O)O)c1ccccc1F. The third-order valence-corrected chi connectivity index (χ3v) is 2.65. The van der Waals surface area contributed by atoms with Crippen molar-refractivity contribution in [2.75, 3.05) is 6.61 Å². The summed E-state index contributed by atoms with van der Waals surface area (Å²) in [6.07, 6.45) is 0. The van der Waals surface area contributed by atoms with Crippen LogP contribution in [0.25, 0.3) is 0 Å². The molecular formula is C12H16FNO3. The molecule has 4 nitrogen and oxygen atoms in total. The Morgan fingerprint density at radius 3 is 2.59 bits per heavy atom. The Labute approximate surface area is 99.1 Å². The predicted molar refractivity (Wildman–Crippen MR) is 61.1 cm³/mol. The van der Waals surface area contributed by atoms with Gasteiger partial charge in [0.1, 0.15) is 11.4 Å². The summed E-state index contributed by atoms with van der Waals surface area (Å²) < 4.78 is 13.6. The van der Waals surface area contributed by atoms with E-state index in [0.717, 1.165) is 0 Å². The lowest BCUT2D eigenvalue weighted by molar-refractivity contribution is -0.145. The molecule has 17 heavy (non-hydrogen) atoms. The second kappa shape index (κ2) is 5.25. The number of carboxylic acids is 1. The fraction of sp³-hybridized carbons (Fsp3) is 0.417. The van der Waals surface area contributed by atoms with E-state index in [1.54, 1.807) is 13.0 Å². The van der Waals surface area contributed by atoms with Crippen molar-refractivity contribution in [1.29, 1.82) is 0 Å². The van der Waals surface area contributed by atoms with Crippen LogP contribution in [0.15, 0.2) is 24.3 Å². The molecular weight excluding hydrogens is 225 g/mol. The van der Waals surface area contributed by atoms with Gasteiger partial charge in [0.2, 0.25) is 0 Å². The summed E-state index contributed by atoms with van der Waals surface area (Å²) in [5.41, 5.74) is -1.51. The maximum Gasteiger partial charge on any atom is 0.328 e. The van der Waals surface area contributed by atoms with Gasteiger partial charge in [0.25, 0.3) is 0 Å². The molecule has 0 amide bonds. The zero-order chi connectivity index (χ0) is 13.1. The zero-order valence-electron chi connectivity index (χ0n) is 9.77. The van der Waals surface area contributed by atoms with Crippen LogP contribution in [-0.4, -0.2) is 28.8 Å². The zero-order valence-corrected chi connectivity index (χ0v) is 9.77. The van der Waals surface area contributed by atoms with Crippen LogP contribution in [-0.2, 0) is 10.3 Å². The first-order chi connectivity index (χ1) is 7.91. The van der Waals surface area contributed by atoms with Crippen LogP contribution in [0.1, 0.15) is 19.4 Å². The van der Waals surface area contributed by atoms with Gasteiger partial charge in [0, 0.05) is 11.6 Å². The standard InChI is InChI=1S/C12H16FNO3/c1-8(7-15)14-12(2,11(16)17)9-5-3-4-6-10(9)13/h3-6,8,14-15H,7H2,1-2H3,(H,16,17). The monoisotopic (exact) mass is 241 g/mol. The van der Waals surface area contributed by atoms with Crippen molar-refractivity contribution >= 4 is 5.97 Å². The van der Waals surface area contributed by atoms with E-state index in [9.17, 15) is 14.3 Å². The van der Waals surface area contributed by atoms with Crippen molar-refractivity contribution in [1.82, 2.24) is 5.32 Å². The highest BCUT2D eigenvalue weighted by Crippen LogP contribution is 2.24. The summed E-state index contributed by atoms with van der Waals surface area (Å²) in [5, 5.41) is 20.9. The van der Waals surface area contributed by atoms with Gasteiger partial charge in [0.15, 0.2) is 0 Å². The molecule has 5 heteroatoms. The minimum atomic E-state index is -1.56. The topological polar surface area (TPSA) is 69.6 Å². The number of rotatable bonds is 5. The van der Waals surface area contributed by atoms with Crippen LogP contribution in [0.3, 0.4) is 0 Å². The highest BCUT2D eigenvalue weighted by molar-refractivity contribution is 5.80. The van der Waals surface area contributed by atoms with E-state index in [0.29, 0.717) is 0 Å². The van der Waals surface area contributed by atoms with E-state index in [-0.39, 0.29) is 12.2 Å². The van der Waals surface area contributed by atoms with Crippen LogP contribution in [0.4, 0.5) is 4.39 Å². The normalized spacial score (nSPS) is 16.2. The van der Waals surface area contributed by atoms with Crippen molar-refractivity contribution < 1.29 is 19.4 Å². The number of halogens is 1. The first-order valence-electron chi connectivity index (χ1n) is 5.28. The first-order valence-corrected chi connectivity index (χ1v) is 5.28. The van der Waals surface area contributed by atoms with Gasteiger partial charge in [-0.3, -0.25) is 5.32 Å². The highest BCUT2D eigenvalue weighted by Gasteiger charge is 2.38. The Morgan fingerprint density at radius 1 is 1.53 bits per heavy atom. The molecule has 1 aromatic rings. The number of hydrogen-bond acceptors (Lipinski definition) is 3.